The summed E-state index contributed by atoms with van der Waals surface area (Å²) in [4.78, 5) is 0. The quantitative estimate of drug-likeness (QED) is 0.793. The zero-order valence-electron chi connectivity index (χ0n) is 10.7. The van der Waals surface area contributed by atoms with Gasteiger partial charge >= 0.3 is 0 Å². The minimum Gasteiger partial charge on any atom is -0.310 e. The standard InChI is InChI=1S/C15H23N/c1-11-5-4-6-15(9-11)13(3)16-10-12(2)14-7-8-14/h4-6,9,12-14,16H,7-8,10H2,1-3H3. The van der Waals surface area contributed by atoms with Crippen LogP contribution in [0.3, 0.4) is 0 Å². The predicted molar refractivity (Wildman–Crippen MR) is 69.5 cm³/mol. The third-order valence-electron chi connectivity index (χ3n) is 3.71. The van der Waals surface area contributed by atoms with E-state index < -0.39 is 0 Å². The Labute approximate surface area is 99.3 Å². The molecule has 16 heavy (non-hydrogen) atoms. The summed E-state index contributed by atoms with van der Waals surface area (Å²) in [5.41, 5.74) is 2.75. The molecule has 0 spiro atoms. The van der Waals surface area contributed by atoms with E-state index in [9.17, 15) is 0 Å². The van der Waals surface area contributed by atoms with Crippen LogP contribution in [0.25, 0.3) is 0 Å². The van der Waals surface area contributed by atoms with E-state index in [0.29, 0.717) is 6.04 Å². The highest BCUT2D eigenvalue weighted by molar-refractivity contribution is 5.24. The van der Waals surface area contributed by atoms with E-state index in [4.69, 9.17) is 0 Å². The summed E-state index contributed by atoms with van der Waals surface area (Å²) in [5, 5.41) is 3.65. The highest BCUT2D eigenvalue weighted by atomic mass is 14.9. The smallest absolute Gasteiger partial charge is 0.0292 e. The minimum atomic E-state index is 0.473. The average Bonchev–Trinajstić information content (AvgIpc) is 3.09. The van der Waals surface area contributed by atoms with E-state index in [1.165, 1.54) is 24.0 Å². The molecule has 2 unspecified atom stereocenters. The number of hydrogen-bond acceptors (Lipinski definition) is 1. The SMILES string of the molecule is Cc1cccc(C(C)NCC(C)C2CC2)c1. The lowest BCUT2D eigenvalue weighted by Crippen LogP contribution is -2.25. The Hall–Kier alpha value is -0.820. The van der Waals surface area contributed by atoms with Crippen LogP contribution in [0.15, 0.2) is 24.3 Å². The molecule has 1 aromatic rings. The van der Waals surface area contributed by atoms with E-state index in [0.717, 1.165) is 18.4 Å². The molecule has 1 heteroatoms. The summed E-state index contributed by atoms with van der Waals surface area (Å²) < 4.78 is 0. The Morgan fingerprint density at radius 3 is 2.69 bits per heavy atom. The molecule has 1 aliphatic carbocycles. The van der Waals surface area contributed by atoms with Gasteiger partial charge in [-0.05, 0) is 50.6 Å². The van der Waals surface area contributed by atoms with Crippen LogP contribution in [-0.4, -0.2) is 6.54 Å². The van der Waals surface area contributed by atoms with Crippen molar-refractivity contribution in [2.75, 3.05) is 6.54 Å². The Balaban J connectivity index is 1.84. The highest BCUT2D eigenvalue weighted by Crippen LogP contribution is 2.36. The molecule has 1 fully saturated rings. The Bertz CT molecular complexity index is 341. The van der Waals surface area contributed by atoms with Crippen molar-refractivity contribution in [3.8, 4) is 0 Å². The first-order valence-corrected chi connectivity index (χ1v) is 6.47. The number of aryl methyl sites for hydroxylation is 1. The fourth-order valence-corrected chi connectivity index (χ4v) is 2.25. The van der Waals surface area contributed by atoms with Crippen LogP contribution in [0.4, 0.5) is 0 Å². The zero-order valence-corrected chi connectivity index (χ0v) is 10.7. The van der Waals surface area contributed by atoms with E-state index in [1.54, 1.807) is 0 Å². The second-order valence-corrected chi connectivity index (χ2v) is 5.36. The number of rotatable bonds is 5. The fraction of sp³-hybridized carbons (Fsp3) is 0.600. The first-order chi connectivity index (χ1) is 7.66. The van der Waals surface area contributed by atoms with Crippen LogP contribution in [0.5, 0.6) is 0 Å². The molecule has 1 nitrogen and oxygen atoms in total. The van der Waals surface area contributed by atoms with Gasteiger partial charge in [0, 0.05) is 6.04 Å². The molecule has 0 heterocycles. The Kier molecular flexibility index (Phi) is 3.65. The lowest BCUT2D eigenvalue weighted by atomic mass is 10.0. The normalized spacial score (nSPS) is 19.4. The van der Waals surface area contributed by atoms with Crippen LogP contribution < -0.4 is 5.32 Å². The molecular weight excluding hydrogens is 194 g/mol. The summed E-state index contributed by atoms with van der Waals surface area (Å²) in [6.45, 7) is 7.94. The summed E-state index contributed by atoms with van der Waals surface area (Å²) in [7, 11) is 0. The molecule has 0 saturated heterocycles. The maximum absolute atomic E-state index is 3.65. The summed E-state index contributed by atoms with van der Waals surface area (Å²) >= 11 is 0. The van der Waals surface area contributed by atoms with Crippen molar-refractivity contribution in [2.45, 2.75) is 39.7 Å². The second-order valence-electron chi connectivity index (χ2n) is 5.36. The van der Waals surface area contributed by atoms with Gasteiger partial charge in [0.15, 0.2) is 0 Å². The van der Waals surface area contributed by atoms with Crippen molar-refractivity contribution in [2.24, 2.45) is 11.8 Å². The van der Waals surface area contributed by atoms with Gasteiger partial charge in [-0.1, -0.05) is 36.8 Å². The lowest BCUT2D eigenvalue weighted by Gasteiger charge is -2.18. The summed E-state index contributed by atoms with van der Waals surface area (Å²) in [6, 6.07) is 9.27. The highest BCUT2D eigenvalue weighted by Gasteiger charge is 2.27. The lowest BCUT2D eigenvalue weighted by molar-refractivity contribution is 0.432. The molecule has 0 amide bonds. The molecule has 1 aliphatic rings. The largest absolute Gasteiger partial charge is 0.310 e. The van der Waals surface area contributed by atoms with Crippen molar-refractivity contribution in [1.29, 1.82) is 0 Å². The van der Waals surface area contributed by atoms with Crippen molar-refractivity contribution in [3.63, 3.8) is 0 Å². The Morgan fingerprint density at radius 1 is 1.31 bits per heavy atom. The van der Waals surface area contributed by atoms with Crippen LogP contribution in [0, 0.1) is 18.8 Å². The second kappa shape index (κ2) is 5.01. The van der Waals surface area contributed by atoms with Gasteiger partial charge in [-0.15, -0.1) is 0 Å². The van der Waals surface area contributed by atoms with Gasteiger partial charge < -0.3 is 5.32 Å². The maximum atomic E-state index is 3.65. The number of hydrogen-bond donors (Lipinski definition) is 1. The van der Waals surface area contributed by atoms with E-state index in [2.05, 4.69) is 50.4 Å². The molecule has 0 bridgehead atoms. The molecule has 1 saturated carbocycles. The van der Waals surface area contributed by atoms with Gasteiger partial charge in [-0.3, -0.25) is 0 Å². The molecule has 2 rings (SSSR count). The van der Waals surface area contributed by atoms with Crippen molar-refractivity contribution in [3.05, 3.63) is 35.4 Å². The van der Waals surface area contributed by atoms with Gasteiger partial charge in [0.2, 0.25) is 0 Å². The van der Waals surface area contributed by atoms with Crippen LogP contribution in [-0.2, 0) is 0 Å². The summed E-state index contributed by atoms with van der Waals surface area (Å²) in [5.74, 6) is 1.84. The average molecular weight is 217 g/mol. The number of benzene rings is 1. The molecule has 2 atom stereocenters. The van der Waals surface area contributed by atoms with E-state index in [-0.39, 0.29) is 0 Å². The van der Waals surface area contributed by atoms with Gasteiger partial charge in [-0.2, -0.15) is 0 Å². The minimum absolute atomic E-state index is 0.473. The predicted octanol–water partition coefficient (Wildman–Crippen LogP) is 3.69. The van der Waals surface area contributed by atoms with Crippen LogP contribution in [0.2, 0.25) is 0 Å². The first kappa shape index (κ1) is 11.7. The topological polar surface area (TPSA) is 12.0 Å². The molecule has 88 valence electrons. The zero-order chi connectivity index (χ0) is 11.5. The van der Waals surface area contributed by atoms with Gasteiger partial charge in [0.1, 0.15) is 0 Å². The third kappa shape index (κ3) is 3.08. The maximum Gasteiger partial charge on any atom is 0.0292 e. The summed E-state index contributed by atoms with van der Waals surface area (Å²) in [6.07, 6.45) is 2.89. The first-order valence-electron chi connectivity index (χ1n) is 6.47. The fourth-order valence-electron chi connectivity index (χ4n) is 2.25. The monoisotopic (exact) mass is 217 g/mol. The molecule has 0 aromatic heterocycles. The van der Waals surface area contributed by atoms with E-state index in [1.807, 2.05) is 0 Å². The molecule has 0 radical (unpaired) electrons. The van der Waals surface area contributed by atoms with Crippen molar-refractivity contribution < 1.29 is 0 Å². The molecule has 1 N–H and O–H groups in total. The van der Waals surface area contributed by atoms with Gasteiger partial charge in [0.25, 0.3) is 0 Å². The molecular formula is C15H23N. The van der Waals surface area contributed by atoms with Crippen molar-refractivity contribution >= 4 is 0 Å². The number of nitrogens with one attached hydrogen (secondary N) is 1. The van der Waals surface area contributed by atoms with Gasteiger partial charge in [0.05, 0.1) is 0 Å². The van der Waals surface area contributed by atoms with E-state index >= 15 is 0 Å². The molecule has 1 aromatic carbocycles. The van der Waals surface area contributed by atoms with Crippen LogP contribution in [0.1, 0.15) is 43.9 Å². The van der Waals surface area contributed by atoms with Gasteiger partial charge in [-0.25, -0.2) is 0 Å². The Morgan fingerprint density at radius 2 is 2.06 bits per heavy atom. The van der Waals surface area contributed by atoms with Crippen molar-refractivity contribution in [1.82, 2.24) is 5.32 Å². The molecule has 0 aliphatic heterocycles. The van der Waals surface area contributed by atoms with Crippen LogP contribution >= 0.6 is 0 Å². The third-order valence-corrected chi connectivity index (χ3v) is 3.71.